The second-order valence-corrected chi connectivity index (χ2v) is 15.5. The Morgan fingerprint density at radius 3 is 1.63 bits per heavy atom. The molecule has 0 amide bonds. The third-order valence-corrected chi connectivity index (χ3v) is 12.6. The molecule has 12 aromatic carbocycles. The van der Waals surface area contributed by atoms with Crippen molar-refractivity contribution in [3.05, 3.63) is 181 Å². The summed E-state index contributed by atoms with van der Waals surface area (Å²) in [5.41, 5.74) is 7.31. The van der Waals surface area contributed by atoms with E-state index in [1.165, 1.54) is 86.7 Å². The van der Waals surface area contributed by atoms with E-state index in [1.807, 2.05) is 18.2 Å². The Hall–Kier alpha value is -7.73. The number of hydrogen-bond donors (Lipinski definition) is 0. The molecule has 0 radical (unpaired) electrons. The highest BCUT2D eigenvalue weighted by molar-refractivity contribution is 6.31. The van der Waals surface area contributed by atoms with Gasteiger partial charge in [-0.05, 0) is 146 Å². The van der Waals surface area contributed by atoms with E-state index in [0.717, 1.165) is 43.7 Å². The lowest BCUT2D eigenvalue weighted by Gasteiger charge is -2.17. The van der Waals surface area contributed by atoms with Crippen molar-refractivity contribution >= 4 is 108 Å². The van der Waals surface area contributed by atoms with E-state index in [4.69, 9.17) is 4.42 Å². The molecule has 260 valence electrons. The van der Waals surface area contributed by atoms with Gasteiger partial charge in [0.25, 0.3) is 0 Å². The molecular weight excluding hydrogens is 691 g/mol. The Kier molecular flexibility index (Phi) is 5.99. The van der Waals surface area contributed by atoms with Crippen molar-refractivity contribution in [1.29, 1.82) is 5.26 Å². The van der Waals surface area contributed by atoms with E-state index >= 15 is 0 Å². The second-order valence-electron chi connectivity index (χ2n) is 15.5. The Bertz CT molecular complexity index is 3940. The van der Waals surface area contributed by atoms with Crippen molar-refractivity contribution in [2.24, 2.45) is 0 Å². The van der Waals surface area contributed by atoms with Crippen LogP contribution in [-0.4, -0.2) is 0 Å². The summed E-state index contributed by atoms with van der Waals surface area (Å²) in [6.45, 7) is 0. The summed E-state index contributed by atoms with van der Waals surface area (Å²) in [6.07, 6.45) is 0. The Balaban J connectivity index is 1.03. The predicted octanol–water partition coefficient (Wildman–Crippen LogP) is 15.5. The topological polar surface area (TPSA) is 36.9 Å². The standard InChI is InChI=1S/C55H29NO/c56-30-31-9-10-32-11-12-36(26-38(32)25-31)39-19-14-34-17-23-46-40(20-15-35-16-22-45(39)53(34)54(35)46)37-18-21-44-48(27-37)42-7-3-4-8-43(42)49-28-51-47-24-13-33-5-1-2-6-41(33)55(47)57-52(51)29-50(44)49/h1-29H. The molecule has 0 bridgehead atoms. The molecule has 0 unspecified atom stereocenters. The third kappa shape index (κ3) is 4.23. The zero-order valence-electron chi connectivity index (χ0n) is 30.6. The normalized spacial score (nSPS) is 12.2. The molecule has 0 aliphatic carbocycles. The minimum absolute atomic E-state index is 0.676. The van der Waals surface area contributed by atoms with Gasteiger partial charge in [-0.1, -0.05) is 133 Å². The third-order valence-electron chi connectivity index (χ3n) is 12.6. The van der Waals surface area contributed by atoms with Crippen LogP contribution in [0.25, 0.3) is 130 Å². The molecule has 1 aromatic heterocycles. The number of rotatable bonds is 2. The maximum Gasteiger partial charge on any atom is 0.143 e. The maximum absolute atomic E-state index is 9.56. The van der Waals surface area contributed by atoms with Gasteiger partial charge < -0.3 is 4.42 Å². The lowest BCUT2D eigenvalue weighted by molar-refractivity contribution is 0.673. The highest BCUT2D eigenvalue weighted by Gasteiger charge is 2.18. The van der Waals surface area contributed by atoms with Crippen LogP contribution < -0.4 is 0 Å². The first-order valence-electron chi connectivity index (χ1n) is 19.5. The van der Waals surface area contributed by atoms with Crippen molar-refractivity contribution in [3.8, 4) is 28.3 Å². The molecule has 0 N–H and O–H groups in total. The second kappa shape index (κ2) is 11.2. The zero-order chi connectivity index (χ0) is 37.4. The quantitative estimate of drug-likeness (QED) is 0.167. The number of benzene rings is 12. The molecule has 1 heterocycles. The van der Waals surface area contributed by atoms with Gasteiger partial charge in [0.2, 0.25) is 0 Å². The molecular formula is C55H29NO. The minimum atomic E-state index is 0.676. The van der Waals surface area contributed by atoms with Gasteiger partial charge in [0.1, 0.15) is 11.2 Å². The Labute approximate surface area is 326 Å². The summed E-state index contributed by atoms with van der Waals surface area (Å²) < 4.78 is 6.69. The molecule has 0 spiro atoms. The van der Waals surface area contributed by atoms with Gasteiger partial charge in [-0.2, -0.15) is 5.26 Å². The van der Waals surface area contributed by atoms with Crippen molar-refractivity contribution < 1.29 is 4.42 Å². The lowest BCUT2D eigenvalue weighted by Crippen LogP contribution is -1.90. The van der Waals surface area contributed by atoms with Gasteiger partial charge in [-0.25, -0.2) is 0 Å². The molecule has 0 aliphatic heterocycles. The summed E-state index contributed by atoms with van der Waals surface area (Å²) in [5, 5.41) is 31.3. The van der Waals surface area contributed by atoms with Gasteiger partial charge in [-0.15, -0.1) is 0 Å². The largest absolute Gasteiger partial charge is 0.455 e. The van der Waals surface area contributed by atoms with Crippen LogP contribution in [0.5, 0.6) is 0 Å². The molecule has 57 heavy (non-hydrogen) atoms. The van der Waals surface area contributed by atoms with Crippen molar-refractivity contribution in [2.45, 2.75) is 0 Å². The van der Waals surface area contributed by atoms with Crippen LogP contribution in [0.1, 0.15) is 5.56 Å². The van der Waals surface area contributed by atoms with E-state index in [9.17, 15) is 5.26 Å². The Morgan fingerprint density at radius 2 is 0.877 bits per heavy atom. The van der Waals surface area contributed by atoms with Crippen LogP contribution in [0, 0.1) is 11.3 Å². The molecule has 0 saturated carbocycles. The molecule has 0 saturated heterocycles. The first kappa shape index (κ1) is 30.6. The first-order valence-corrected chi connectivity index (χ1v) is 19.5. The summed E-state index contributed by atoms with van der Waals surface area (Å²) in [6, 6.07) is 66.4. The van der Waals surface area contributed by atoms with Gasteiger partial charge in [-0.3, -0.25) is 0 Å². The van der Waals surface area contributed by atoms with E-state index < -0.39 is 0 Å². The van der Waals surface area contributed by atoms with E-state index in [1.54, 1.807) is 0 Å². The van der Waals surface area contributed by atoms with E-state index in [0.29, 0.717) is 5.56 Å². The van der Waals surface area contributed by atoms with Crippen LogP contribution in [0.4, 0.5) is 0 Å². The van der Waals surface area contributed by atoms with Crippen molar-refractivity contribution in [1.82, 2.24) is 0 Å². The SMILES string of the molecule is N#Cc1ccc2ccc(-c3ccc4ccc5c(-c6ccc7c(c6)c6ccccc6c6cc8c(cc76)oc6c7ccccc7ccc86)ccc6ccc3c4c65)cc2c1. The predicted molar refractivity (Wildman–Crippen MR) is 241 cm³/mol. The van der Waals surface area contributed by atoms with E-state index in [-0.39, 0.29) is 0 Å². The summed E-state index contributed by atoms with van der Waals surface area (Å²) in [7, 11) is 0. The number of nitriles is 1. The van der Waals surface area contributed by atoms with Crippen LogP contribution in [0.3, 0.4) is 0 Å². The van der Waals surface area contributed by atoms with Gasteiger partial charge in [0.05, 0.1) is 11.6 Å². The van der Waals surface area contributed by atoms with Gasteiger partial charge >= 0.3 is 0 Å². The van der Waals surface area contributed by atoms with Crippen LogP contribution in [0.15, 0.2) is 180 Å². The average molecular weight is 720 g/mol. The van der Waals surface area contributed by atoms with Crippen molar-refractivity contribution in [3.63, 3.8) is 0 Å². The molecule has 13 rings (SSSR count). The minimum Gasteiger partial charge on any atom is -0.455 e. The maximum atomic E-state index is 9.56. The van der Waals surface area contributed by atoms with Gasteiger partial charge in [0, 0.05) is 16.2 Å². The molecule has 0 fully saturated rings. The smallest absolute Gasteiger partial charge is 0.143 e. The molecule has 0 aliphatic rings. The highest BCUT2D eigenvalue weighted by Crippen LogP contribution is 2.45. The summed E-state index contributed by atoms with van der Waals surface area (Å²) in [4.78, 5) is 0. The first-order chi connectivity index (χ1) is 28.2. The monoisotopic (exact) mass is 719 g/mol. The summed E-state index contributed by atoms with van der Waals surface area (Å²) in [5.74, 6) is 0. The molecule has 2 nitrogen and oxygen atoms in total. The van der Waals surface area contributed by atoms with Gasteiger partial charge in [0.15, 0.2) is 0 Å². The van der Waals surface area contributed by atoms with Crippen LogP contribution >= 0.6 is 0 Å². The number of nitrogens with zero attached hydrogens (tertiary/aromatic N) is 1. The number of hydrogen-bond acceptors (Lipinski definition) is 2. The number of fused-ring (bicyclic) bond motifs is 12. The Morgan fingerprint density at radius 1 is 0.333 bits per heavy atom. The molecule has 0 atom stereocenters. The van der Waals surface area contributed by atoms with Crippen LogP contribution in [0.2, 0.25) is 0 Å². The fourth-order valence-corrected chi connectivity index (χ4v) is 9.91. The van der Waals surface area contributed by atoms with Crippen molar-refractivity contribution in [2.75, 3.05) is 0 Å². The summed E-state index contributed by atoms with van der Waals surface area (Å²) >= 11 is 0. The fraction of sp³-hybridized carbons (Fsp3) is 0. The molecule has 2 heteroatoms. The van der Waals surface area contributed by atoms with E-state index in [2.05, 4.69) is 164 Å². The van der Waals surface area contributed by atoms with Crippen LogP contribution in [-0.2, 0) is 0 Å². The molecule has 13 aromatic rings. The fourth-order valence-electron chi connectivity index (χ4n) is 9.91. The zero-order valence-corrected chi connectivity index (χ0v) is 30.6. The average Bonchev–Trinajstić information content (AvgIpc) is 3.65. The number of furan rings is 1. The highest BCUT2D eigenvalue weighted by atomic mass is 16.3. The lowest BCUT2D eigenvalue weighted by atomic mass is 9.86.